The summed E-state index contributed by atoms with van der Waals surface area (Å²) in [6.07, 6.45) is 19.7. The first-order valence-electron chi connectivity index (χ1n) is 13.0. The summed E-state index contributed by atoms with van der Waals surface area (Å²) in [6.45, 7) is 21.8. The molecule has 5 atom stereocenters. The van der Waals surface area contributed by atoms with E-state index in [0.717, 1.165) is 17.8 Å². The zero-order valence-corrected chi connectivity index (χ0v) is 21.4. The quantitative estimate of drug-likeness (QED) is 0.366. The summed E-state index contributed by atoms with van der Waals surface area (Å²) < 4.78 is 0. The minimum absolute atomic E-state index is 0.498. The summed E-state index contributed by atoms with van der Waals surface area (Å²) in [5.74, 6) is 2.59. The van der Waals surface area contributed by atoms with Crippen molar-refractivity contribution in [1.82, 2.24) is 0 Å². The smallest absolute Gasteiger partial charge is 0.0149 e. The summed E-state index contributed by atoms with van der Waals surface area (Å²) >= 11 is 0. The Balaban J connectivity index is 1.62. The van der Waals surface area contributed by atoms with Crippen LogP contribution in [-0.4, -0.2) is 0 Å². The normalized spacial score (nSPS) is 38.0. The molecule has 0 aromatic heterocycles. The van der Waals surface area contributed by atoms with Gasteiger partial charge in [0.05, 0.1) is 0 Å². The van der Waals surface area contributed by atoms with E-state index in [9.17, 15) is 0 Å². The molecule has 0 radical (unpaired) electrons. The Morgan fingerprint density at radius 3 is 2.20 bits per heavy atom. The van der Waals surface area contributed by atoms with E-state index in [2.05, 4.69) is 67.2 Å². The Hall–Kier alpha value is -0.780. The summed E-state index contributed by atoms with van der Waals surface area (Å²) in [6, 6.07) is 0. The molecule has 0 aromatic carbocycles. The van der Waals surface area contributed by atoms with Crippen molar-refractivity contribution in [2.24, 2.45) is 34.0 Å². The van der Waals surface area contributed by atoms with Crippen LogP contribution in [0.5, 0.6) is 0 Å². The third-order valence-electron chi connectivity index (χ3n) is 9.92. The van der Waals surface area contributed by atoms with Gasteiger partial charge in [0.25, 0.3) is 0 Å². The molecule has 0 nitrogen and oxygen atoms in total. The van der Waals surface area contributed by atoms with Crippen molar-refractivity contribution in [3.63, 3.8) is 0 Å². The van der Waals surface area contributed by atoms with Gasteiger partial charge in [-0.25, -0.2) is 0 Å². The fourth-order valence-corrected chi connectivity index (χ4v) is 8.47. The molecule has 3 rings (SSSR count). The molecule has 0 amide bonds. The highest BCUT2D eigenvalue weighted by molar-refractivity contribution is 5.18. The Morgan fingerprint density at radius 2 is 1.50 bits per heavy atom. The number of hydrogen-bond donors (Lipinski definition) is 0. The predicted octanol–water partition coefficient (Wildman–Crippen LogP) is 9.67. The maximum Gasteiger partial charge on any atom is -0.0149 e. The monoisotopic (exact) mass is 410 g/mol. The second-order valence-electron chi connectivity index (χ2n) is 12.7. The van der Waals surface area contributed by atoms with E-state index in [1.807, 2.05) is 0 Å². The van der Waals surface area contributed by atoms with Gasteiger partial charge < -0.3 is 0 Å². The molecule has 3 aliphatic rings. The third-order valence-corrected chi connectivity index (χ3v) is 9.92. The number of fused-ring (bicyclic) bond motifs is 3. The highest BCUT2D eigenvalue weighted by atomic mass is 14.7. The van der Waals surface area contributed by atoms with E-state index in [1.165, 1.54) is 76.2 Å². The Morgan fingerprint density at radius 1 is 0.800 bits per heavy atom. The van der Waals surface area contributed by atoms with Crippen LogP contribution in [0.2, 0.25) is 0 Å². The number of rotatable bonds is 7. The van der Waals surface area contributed by atoms with Gasteiger partial charge in [-0.05, 0) is 119 Å². The molecule has 1 unspecified atom stereocenters. The lowest BCUT2D eigenvalue weighted by Gasteiger charge is -2.62. The lowest BCUT2D eigenvalue weighted by Crippen LogP contribution is -2.54. The van der Waals surface area contributed by atoms with Crippen molar-refractivity contribution >= 4 is 0 Å². The van der Waals surface area contributed by atoms with Crippen molar-refractivity contribution in [1.29, 1.82) is 0 Å². The fraction of sp³-hybridized carbons (Fsp3) is 0.800. The number of allylic oxidation sites excluding steroid dienone is 5. The highest BCUT2D eigenvalue weighted by Gasteiger charge is 2.62. The first-order chi connectivity index (χ1) is 14.0. The van der Waals surface area contributed by atoms with Crippen LogP contribution in [0, 0.1) is 34.0 Å². The molecule has 0 bridgehead atoms. The molecular formula is C30H50. The molecule has 0 heteroatoms. The molecule has 0 spiro atoms. The van der Waals surface area contributed by atoms with Gasteiger partial charge in [0, 0.05) is 0 Å². The van der Waals surface area contributed by atoms with Crippen LogP contribution >= 0.6 is 0 Å². The average molecular weight is 411 g/mol. The van der Waals surface area contributed by atoms with E-state index >= 15 is 0 Å². The molecule has 3 aliphatic carbocycles. The lowest BCUT2D eigenvalue weighted by molar-refractivity contribution is -0.123. The van der Waals surface area contributed by atoms with Crippen LogP contribution in [-0.2, 0) is 0 Å². The van der Waals surface area contributed by atoms with Crippen molar-refractivity contribution in [3.8, 4) is 0 Å². The molecule has 0 saturated heterocycles. The lowest BCUT2D eigenvalue weighted by atomic mass is 9.43. The van der Waals surface area contributed by atoms with Gasteiger partial charge in [0.2, 0.25) is 0 Å². The first kappa shape index (κ1) is 23.9. The van der Waals surface area contributed by atoms with Gasteiger partial charge in [0.1, 0.15) is 0 Å². The molecule has 3 saturated carbocycles. The van der Waals surface area contributed by atoms with Gasteiger partial charge in [0.15, 0.2) is 0 Å². The van der Waals surface area contributed by atoms with Crippen LogP contribution in [0.3, 0.4) is 0 Å². The molecule has 0 N–H and O–H groups in total. The van der Waals surface area contributed by atoms with Crippen molar-refractivity contribution in [2.45, 2.75) is 119 Å². The van der Waals surface area contributed by atoms with Gasteiger partial charge in [-0.3, -0.25) is 0 Å². The summed E-state index contributed by atoms with van der Waals surface area (Å²) in [7, 11) is 0. The maximum absolute atomic E-state index is 4.67. The summed E-state index contributed by atoms with van der Waals surface area (Å²) in [5.41, 5.74) is 6.14. The van der Waals surface area contributed by atoms with E-state index in [0.29, 0.717) is 16.2 Å². The van der Waals surface area contributed by atoms with Gasteiger partial charge in [-0.15, -0.1) is 0 Å². The fourth-order valence-electron chi connectivity index (χ4n) is 8.47. The second-order valence-corrected chi connectivity index (χ2v) is 12.7. The van der Waals surface area contributed by atoms with Crippen LogP contribution in [0.15, 0.2) is 35.5 Å². The summed E-state index contributed by atoms with van der Waals surface area (Å²) in [5, 5.41) is 0. The topological polar surface area (TPSA) is 0 Å². The molecule has 30 heavy (non-hydrogen) atoms. The van der Waals surface area contributed by atoms with Gasteiger partial charge in [-0.2, -0.15) is 0 Å². The van der Waals surface area contributed by atoms with E-state index < -0.39 is 0 Å². The minimum Gasteiger partial charge on any atom is -0.0995 e. The van der Waals surface area contributed by atoms with Crippen LogP contribution < -0.4 is 0 Å². The highest BCUT2D eigenvalue weighted by Crippen LogP contribution is 2.70. The van der Waals surface area contributed by atoms with Gasteiger partial charge >= 0.3 is 0 Å². The first-order valence-corrected chi connectivity index (χ1v) is 13.0. The molecular weight excluding hydrogens is 360 g/mol. The van der Waals surface area contributed by atoms with E-state index in [4.69, 9.17) is 0 Å². The maximum atomic E-state index is 4.67. The van der Waals surface area contributed by atoms with Crippen molar-refractivity contribution in [3.05, 3.63) is 35.5 Å². The minimum atomic E-state index is 0.498. The Bertz CT molecular complexity index is 685. The predicted molar refractivity (Wildman–Crippen MR) is 134 cm³/mol. The van der Waals surface area contributed by atoms with E-state index in [-0.39, 0.29) is 0 Å². The summed E-state index contributed by atoms with van der Waals surface area (Å²) in [4.78, 5) is 0. The molecule has 170 valence electrons. The van der Waals surface area contributed by atoms with Crippen molar-refractivity contribution < 1.29 is 0 Å². The SMILES string of the molecule is C=C(CC/C=C(\C)CCC=C(C)C)C1CC[C@@H]2[C@@]3(C)CCCC(C)(C)[C@@H]3CC[C@@]12C. The largest absolute Gasteiger partial charge is 0.0995 e. The zero-order chi connectivity index (χ0) is 22.2. The van der Waals surface area contributed by atoms with Crippen molar-refractivity contribution in [2.75, 3.05) is 0 Å². The zero-order valence-electron chi connectivity index (χ0n) is 21.4. The Labute approximate surface area is 188 Å². The average Bonchev–Trinajstić information content (AvgIpc) is 2.99. The van der Waals surface area contributed by atoms with Crippen LogP contribution in [0.25, 0.3) is 0 Å². The molecule has 3 fully saturated rings. The van der Waals surface area contributed by atoms with E-state index in [1.54, 1.807) is 11.1 Å². The Kier molecular flexibility index (Phi) is 7.16. The molecule has 0 heterocycles. The second kappa shape index (κ2) is 8.99. The van der Waals surface area contributed by atoms with Gasteiger partial charge in [-0.1, -0.05) is 69.6 Å². The third kappa shape index (κ3) is 4.54. The molecule has 0 aromatic rings. The van der Waals surface area contributed by atoms with Crippen LogP contribution in [0.1, 0.15) is 119 Å². The van der Waals surface area contributed by atoms with Crippen LogP contribution in [0.4, 0.5) is 0 Å². The molecule has 0 aliphatic heterocycles. The standard InChI is InChI=1S/C30H50/c1-22(2)12-9-13-23(3)14-10-15-24(4)25-16-17-27-29(25,7)21-18-26-28(5,6)19-11-20-30(26,27)8/h12,14,25-27H,4,9-11,13,15-21H2,1-3,5-8H3/b23-14+/t25?,26-,27-,29-,30-/m0/s1. The number of hydrogen-bond acceptors (Lipinski definition) is 0.